The number of nitrogens with one attached hydrogen (secondary N) is 1. The molecule has 1 amide bonds. The number of aryl methyl sites for hydroxylation is 1. The molecule has 1 heterocycles. The lowest BCUT2D eigenvalue weighted by Crippen LogP contribution is -2.12. The lowest BCUT2D eigenvalue weighted by atomic mass is 10.1. The van der Waals surface area contributed by atoms with Gasteiger partial charge in [0.25, 0.3) is 5.91 Å². The Bertz CT molecular complexity index is 650. The maximum Gasteiger partial charge on any atom is 0.389 e. The van der Waals surface area contributed by atoms with Crippen LogP contribution in [0.15, 0.2) is 41.0 Å². The highest BCUT2D eigenvalue weighted by atomic mass is 19.4. The van der Waals surface area contributed by atoms with Crippen LogP contribution >= 0.6 is 0 Å². The van der Waals surface area contributed by atoms with Crippen LogP contribution < -0.4 is 11.1 Å². The van der Waals surface area contributed by atoms with Crippen LogP contribution in [0, 0.1) is 0 Å². The molecule has 0 aliphatic carbocycles. The van der Waals surface area contributed by atoms with Gasteiger partial charge in [-0.1, -0.05) is 12.1 Å². The fourth-order valence-corrected chi connectivity index (χ4v) is 1.90. The number of rotatable bonds is 5. The molecule has 0 bridgehead atoms. The van der Waals surface area contributed by atoms with Gasteiger partial charge < -0.3 is 15.5 Å². The van der Waals surface area contributed by atoms with Crippen molar-refractivity contribution in [3.63, 3.8) is 0 Å². The van der Waals surface area contributed by atoms with Gasteiger partial charge in [-0.15, -0.1) is 0 Å². The second kappa shape index (κ2) is 6.65. The number of carbonyl (C=O) groups is 1. The van der Waals surface area contributed by atoms with Gasteiger partial charge in [0.1, 0.15) is 12.0 Å². The summed E-state index contributed by atoms with van der Waals surface area (Å²) in [6, 6.07) is 7.84. The molecule has 3 N–H and O–H groups in total. The van der Waals surface area contributed by atoms with Crippen LogP contribution in [0.25, 0.3) is 0 Å². The molecule has 1 aromatic carbocycles. The van der Waals surface area contributed by atoms with E-state index in [4.69, 9.17) is 10.2 Å². The summed E-state index contributed by atoms with van der Waals surface area (Å²) in [5.41, 5.74) is 6.63. The van der Waals surface area contributed by atoms with Gasteiger partial charge in [0, 0.05) is 12.1 Å². The number of halogens is 3. The number of alkyl halides is 3. The van der Waals surface area contributed by atoms with Crippen LogP contribution in [0.4, 0.5) is 18.9 Å². The zero-order valence-corrected chi connectivity index (χ0v) is 11.6. The Hall–Kier alpha value is -2.28. The van der Waals surface area contributed by atoms with E-state index in [9.17, 15) is 18.0 Å². The Labute approximate surface area is 125 Å². The van der Waals surface area contributed by atoms with Gasteiger partial charge in [0.05, 0.1) is 12.1 Å². The Morgan fingerprint density at radius 2 is 2.05 bits per heavy atom. The van der Waals surface area contributed by atoms with E-state index in [0.29, 0.717) is 22.6 Å². The molecule has 1 aromatic heterocycles. The topological polar surface area (TPSA) is 68.3 Å². The van der Waals surface area contributed by atoms with Crippen LogP contribution in [0.1, 0.15) is 28.1 Å². The lowest BCUT2D eigenvalue weighted by Gasteiger charge is -2.08. The molecular formula is C15H15F3N2O2. The SMILES string of the molecule is NCc1cc(C(=O)Nc2cccc(CCC(F)(F)F)c2)co1. The molecule has 0 atom stereocenters. The Kier molecular flexibility index (Phi) is 4.87. The summed E-state index contributed by atoms with van der Waals surface area (Å²) in [6.07, 6.45) is -3.94. The van der Waals surface area contributed by atoms with Crippen molar-refractivity contribution in [3.05, 3.63) is 53.5 Å². The molecule has 2 rings (SSSR count). The largest absolute Gasteiger partial charge is 0.467 e. The van der Waals surface area contributed by atoms with Crippen LogP contribution in [0.5, 0.6) is 0 Å². The van der Waals surface area contributed by atoms with Gasteiger partial charge in [0.15, 0.2) is 0 Å². The van der Waals surface area contributed by atoms with Crippen molar-refractivity contribution < 1.29 is 22.4 Å². The van der Waals surface area contributed by atoms with Crippen molar-refractivity contribution in [2.75, 3.05) is 5.32 Å². The number of anilines is 1. The van der Waals surface area contributed by atoms with Crippen LogP contribution in [0.3, 0.4) is 0 Å². The van der Waals surface area contributed by atoms with Crippen LogP contribution in [-0.4, -0.2) is 12.1 Å². The maximum atomic E-state index is 12.2. The molecule has 2 aromatic rings. The second-order valence-corrected chi connectivity index (χ2v) is 4.78. The maximum absolute atomic E-state index is 12.2. The number of benzene rings is 1. The minimum absolute atomic E-state index is 0.129. The highest BCUT2D eigenvalue weighted by Crippen LogP contribution is 2.23. The van der Waals surface area contributed by atoms with E-state index >= 15 is 0 Å². The van der Waals surface area contributed by atoms with Crippen LogP contribution in [0.2, 0.25) is 0 Å². The molecule has 0 radical (unpaired) electrons. The van der Waals surface area contributed by atoms with Gasteiger partial charge in [-0.05, 0) is 30.2 Å². The molecule has 0 fully saturated rings. The monoisotopic (exact) mass is 312 g/mol. The van der Waals surface area contributed by atoms with Crippen molar-refractivity contribution in [2.24, 2.45) is 5.73 Å². The average Bonchev–Trinajstić information content (AvgIpc) is 2.94. The van der Waals surface area contributed by atoms with Gasteiger partial charge in [0.2, 0.25) is 0 Å². The molecule has 0 unspecified atom stereocenters. The standard InChI is InChI=1S/C15H15F3N2O2/c16-15(17,18)5-4-10-2-1-3-12(6-10)20-14(21)11-7-13(8-19)22-9-11/h1-3,6-7,9H,4-5,8,19H2,(H,20,21). The number of amides is 1. The molecule has 0 aliphatic rings. The van der Waals surface area contributed by atoms with E-state index in [-0.39, 0.29) is 13.0 Å². The molecule has 118 valence electrons. The highest BCUT2D eigenvalue weighted by Gasteiger charge is 2.26. The summed E-state index contributed by atoms with van der Waals surface area (Å²) in [6.45, 7) is 0.181. The normalized spacial score (nSPS) is 11.5. The van der Waals surface area contributed by atoms with Gasteiger partial charge in [-0.2, -0.15) is 13.2 Å². The number of hydrogen-bond acceptors (Lipinski definition) is 3. The zero-order chi connectivity index (χ0) is 16.2. The third-order valence-corrected chi connectivity index (χ3v) is 3.00. The summed E-state index contributed by atoms with van der Waals surface area (Å²) >= 11 is 0. The number of carbonyl (C=O) groups excluding carboxylic acids is 1. The van der Waals surface area contributed by atoms with Crippen molar-refractivity contribution in [2.45, 2.75) is 25.6 Å². The molecular weight excluding hydrogens is 297 g/mol. The Balaban J connectivity index is 2.02. The van der Waals surface area contributed by atoms with E-state index in [1.54, 1.807) is 18.2 Å². The average molecular weight is 312 g/mol. The van der Waals surface area contributed by atoms with E-state index in [1.807, 2.05) is 0 Å². The van der Waals surface area contributed by atoms with E-state index in [0.717, 1.165) is 0 Å². The lowest BCUT2D eigenvalue weighted by molar-refractivity contribution is -0.134. The predicted molar refractivity (Wildman–Crippen MR) is 75.4 cm³/mol. The van der Waals surface area contributed by atoms with Crippen molar-refractivity contribution in [1.82, 2.24) is 0 Å². The van der Waals surface area contributed by atoms with E-state index in [2.05, 4.69) is 5.32 Å². The first-order valence-electron chi connectivity index (χ1n) is 6.62. The molecule has 0 aliphatic heterocycles. The van der Waals surface area contributed by atoms with Gasteiger partial charge in [-0.25, -0.2) is 0 Å². The summed E-state index contributed by atoms with van der Waals surface area (Å²) in [4.78, 5) is 12.0. The molecule has 7 heteroatoms. The third kappa shape index (κ3) is 4.63. The van der Waals surface area contributed by atoms with Crippen molar-refractivity contribution in [3.8, 4) is 0 Å². The Morgan fingerprint density at radius 1 is 1.27 bits per heavy atom. The van der Waals surface area contributed by atoms with Gasteiger partial charge in [-0.3, -0.25) is 4.79 Å². The molecule has 0 saturated heterocycles. The summed E-state index contributed by atoms with van der Waals surface area (Å²) in [5.74, 6) is 0.0699. The Morgan fingerprint density at radius 3 is 2.68 bits per heavy atom. The first-order chi connectivity index (χ1) is 10.4. The molecule has 4 nitrogen and oxygen atoms in total. The minimum Gasteiger partial charge on any atom is -0.467 e. The van der Waals surface area contributed by atoms with Crippen molar-refractivity contribution >= 4 is 11.6 Å². The first kappa shape index (κ1) is 16.1. The molecule has 0 spiro atoms. The fourth-order valence-electron chi connectivity index (χ4n) is 1.90. The smallest absolute Gasteiger partial charge is 0.389 e. The molecule has 22 heavy (non-hydrogen) atoms. The summed E-state index contributed by atoms with van der Waals surface area (Å²) < 4.78 is 41.7. The number of furan rings is 1. The first-order valence-corrected chi connectivity index (χ1v) is 6.62. The fraction of sp³-hybridized carbons (Fsp3) is 0.267. The van der Waals surface area contributed by atoms with Crippen molar-refractivity contribution in [1.29, 1.82) is 0 Å². The van der Waals surface area contributed by atoms with E-state index in [1.165, 1.54) is 18.4 Å². The second-order valence-electron chi connectivity index (χ2n) is 4.78. The summed E-state index contributed by atoms with van der Waals surface area (Å²) in [7, 11) is 0. The third-order valence-electron chi connectivity index (χ3n) is 3.00. The number of hydrogen-bond donors (Lipinski definition) is 2. The summed E-state index contributed by atoms with van der Waals surface area (Å²) in [5, 5.41) is 2.61. The molecule has 0 saturated carbocycles. The highest BCUT2D eigenvalue weighted by molar-refractivity contribution is 6.04. The minimum atomic E-state index is -4.20. The van der Waals surface area contributed by atoms with E-state index < -0.39 is 18.5 Å². The van der Waals surface area contributed by atoms with Gasteiger partial charge >= 0.3 is 6.18 Å². The van der Waals surface area contributed by atoms with Crippen LogP contribution in [-0.2, 0) is 13.0 Å². The quantitative estimate of drug-likeness (QED) is 0.888. The number of nitrogens with two attached hydrogens (primary N) is 1. The predicted octanol–water partition coefficient (Wildman–Crippen LogP) is 3.49. The zero-order valence-electron chi connectivity index (χ0n) is 11.6.